The highest BCUT2D eigenvalue weighted by molar-refractivity contribution is 5.73. The molecule has 0 unspecified atom stereocenters. The zero-order chi connectivity index (χ0) is 14.5. The fraction of sp³-hybridized carbons (Fsp3) is 0.533. The van der Waals surface area contributed by atoms with E-state index in [-0.39, 0.29) is 11.7 Å². The molecule has 1 aromatic rings. The Hall–Kier alpha value is -1.62. The summed E-state index contributed by atoms with van der Waals surface area (Å²) in [5, 5.41) is 3.18. The minimum Gasteiger partial charge on any atom is -0.368 e. The van der Waals surface area contributed by atoms with E-state index in [9.17, 15) is 9.18 Å². The first-order valence-corrected chi connectivity index (χ1v) is 7.12. The molecular weight excluding hydrogens is 257 g/mol. The van der Waals surface area contributed by atoms with Crippen LogP contribution in [0, 0.1) is 5.82 Å². The van der Waals surface area contributed by atoms with Gasteiger partial charge in [0.15, 0.2) is 0 Å². The Morgan fingerprint density at radius 1 is 1.30 bits per heavy atom. The highest BCUT2D eigenvalue weighted by Gasteiger charge is 2.21. The van der Waals surface area contributed by atoms with Crippen molar-refractivity contribution in [1.29, 1.82) is 0 Å². The predicted molar refractivity (Wildman–Crippen MR) is 78.2 cm³/mol. The molecule has 1 N–H and O–H groups in total. The molecule has 1 aliphatic heterocycles. The summed E-state index contributed by atoms with van der Waals surface area (Å²) in [5.74, 6) is -0.0609. The summed E-state index contributed by atoms with van der Waals surface area (Å²) in [5.41, 5.74) is 1.65. The molecule has 0 bridgehead atoms. The maximum absolute atomic E-state index is 14.0. The third kappa shape index (κ3) is 3.28. The first-order valence-electron chi connectivity index (χ1n) is 7.12. The second-order valence-corrected chi connectivity index (χ2v) is 5.01. The van der Waals surface area contributed by atoms with Gasteiger partial charge in [-0.15, -0.1) is 0 Å². The largest absolute Gasteiger partial charge is 0.368 e. The lowest BCUT2D eigenvalue weighted by Crippen LogP contribution is -2.48. The van der Waals surface area contributed by atoms with Crippen LogP contribution in [0.25, 0.3) is 0 Å². The molecule has 2 rings (SSSR count). The molecule has 1 aromatic carbocycles. The minimum absolute atomic E-state index is 0.108. The van der Waals surface area contributed by atoms with Gasteiger partial charge in [0, 0.05) is 50.9 Å². The van der Waals surface area contributed by atoms with Crippen LogP contribution < -0.4 is 10.2 Å². The van der Waals surface area contributed by atoms with Crippen molar-refractivity contribution >= 4 is 11.6 Å². The number of anilines is 1. The van der Waals surface area contributed by atoms with E-state index in [2.05, 4.69) is 10.2 Å². The lowest BCUT2D eigenvalue weighted by Gasteiger charge is -2.36. The quantitative estimate of drug-likeness (QED) is 0.909. The Morgan fingerprint density at radius 2 is 2.00 bits per heavy atom. The van der Waals surface area contributed by atoms with Gasteiger partial charge in [-0.05, 0) is 18.7 Å². The predicted octanol–water partition coefficient (Wildman–Crippen LogP) is 1.60. The molecule has 0 radical (unpaired) electrons. The Kier molecular flexibility index (Phi) is 4.95. The zero-order valence-electron chi connectivity index (χ0n) is 12.2. The molecule has 4 nitrogen and oxygen atoms in total. The van der Waals surface area contributed by atoms with Crippen LogP contribution in [-0.4, -0.2) is 43.5 Å². The summed E-state index contributed by atoms with van der Waals surface area (Å²) < 4.78 is 14.0. The molecule has 0 saturated carbocycles. The molecule has 5 heteroatoms. The second kappa shape index (κ2) is 6.70. The summed E-state index contributed by atoms with van der Waals surface area (Å²) in [7, 11) is 0. The molecular formula is C15H22FN3O. The molecule has 0 atom stereocenters. The fourth-order valence-corrected chi connectivity index (χ4v) is 2.53. The van der Waals surface area contributed by atoms with Gasteiger partial charge in [-0.3, -0.25) is 4.79 Å². The number of benzene rings is 1. The van der Waals surface area contributed by atoms with Crippen LogP contribution in [-0.2, 0) is 11.3 Å². The first kappa shape index (κ1) is 14.8. The van der Waals surface area contributed by atoms with E-state index in [0.717, 1.165) is 25.3 Å². The van der Waals surface area contributed by atoms with Gasteiger partial charge in [0.05, 0.1) is 0 Å². The number of amides is 1. The Bertz CT molecular complexity index is 470. The second-order valence-electron chi connectivity index (χ2n) is 5.01. The third-order valence-electron chi connectivity index (χ3n) is 3.71. The van der Waals surface area contributed by atoms with E-state index in [1.54, 1.807) is 13.0 Å². The van der Waals surface area contributed by atoms with Crippen LogP contribution in [0.1, 0.15) is 19.4 Å². The Labute approximate surface area is 119 Å². The van der Waals surface area contributed by atoms with Crippen LogP contribution in [0.2, 0.25) is 0 Å². The van der Waals surface area contributed by atoms with Crippen molar-refractivity contribution in [3.05, 3.63) is 29.6 Å². The van der Waals surface area contributed by atoms with Crippen molar-refractivity contribution in [2.24, 2.45) is 0 Å². The van der Waals surface area contributed by atoms with Crippen LogP contribution in [0.15, 0.2) is 18.2 Å². The third-order valence-corrected chi connectivity index (χ3v) is 3.71. The number of nitrogens with one attached hydrogen (secondary N) is 1. The van der Waals surface area contributed by atoms with Crippen molar-refractivity contribution in [3.63, 3.8) is 0 Å². The average molecular weight is 279 g/mol. The Morgan fingerprint density at radius 3 is 2.60 bits per heavy atom. The van der Waals surface area contributed by atoms with E-state index >= 15 is 0 Å². The van der Waals surface area contributed by atoms with Crippen LogP contribution >= 0.6 is 0 Å². The van der Waals surface area contributed by atoms with Crippen molar-refractivity contribution in [2.75, 3.05) is 37.6 Å². The van der Waals surface area contributed by atoms with Gasteiger partial charge in [-0.25, -0.2) is 4.39 Å². The monoisotopic (exact) mass is 279 g/mol. The molecule has 0 aromatic heterocycles. The average Bonchev–Trinajstić information content (AvgIpc) is 2.46. The van der Waals surface area contributed by atoms with Gasteiger partial charge in [-0.1, -0.05) is 13.0 Å². The lowest BCUT2D eigenvalue weighted by atomic mass is 10.1. The van der Waals surface area contributed by atoms with E-state index in [0.29, 0.717) is 25.2 Å². The first-order chi connectivity index (χ1) is 9.63. The normalized spacial score (nSPS) is 15.6. The fourth-order valence-electron chi connectivity index (χ4n) is 2.53. The number of carbonyl (C=O) groups excluding carboxylic acids is 1. The standard InChI is InChI=1S/C15H22FN3O/c1-3-17-11-13-14(16)5-4-6-15(13)19-9-7-18(8-10-19)12(2)20/h4-6,17H,3,7-11H2,1-2H3. The van der Waals surface area contributed by atoms with Crippen molar-refractivity contribution in [2.45, 2.75) is 20.4 Å². The zero-order valence-corrected chi connectivity index (χ0v) is 12.2. The van der Waals surface area contributed by atoms with Gasteiger partial charge in [-0.2, -0.15) is 0 Å². The maximum Gasteiger partial charge on any atom is 0.219 e. The summed E-state index contributed by atoms with van der Waals surface area (Å²) in [6, 6.07) is 5.21. The molecule has 1 saturated heterocycles. The molecule has 1 aliphatic rings. The number of piperazine rings is 1. The van der Waals surface area contributed by atoms with E-state index in [1.807, 2.05) is 17.9 Å². The molecule has 20 heavy (non-hydrogen) atoms. The van der Waals surface area contributed by atoms with Gasteiger partial charge in [0.25, 0.3) is 0 Å². The number of hydrogen-bond acceptors (Lipinski definition) is 3. The lowest BCUT2D eigenvalue weighted by molar-refractivity contribution is -0.129. The number of halogens is 1. The van der Waals surface area contributed by atoms with Gasteiger partial charge in [0.1, 0.15) is 5.82 Å². The highest BCUT2D eigenvalue weighted by Crippen LogP contribution is 2.24. The van der Waals surface area contributed by atoms with Gasteiger partial charge in [0.2, 0.25) is 5.91 Å². The van der Waals surface area contributed by atoms with E-state index < -0.39 is 0 Å². The SMILES string of the molecule is CCNCc1c(F)cccc1N1CCN(C(C)=O)CC1. The maximum atomic E-state index is 14.0. The highest BCUT2D eigenvalue weighted by atomic mass is 19.1. The molecule has 0 spiro atoms. The number of rotatable bonds is 4. The smallest absolute Gasteiger partial charge is 0.219 e. The van der Waals surface area contributed by atoms with Crippen molar-refractivity contribution in [3.8, 4) is 0 Å². The minimum atomic E-state index is -0.169. The number of carbonyl (C=O) groups is 1. The summed E-state index contributed by atoms with van der Waals surface area (Å²) in [6.45, 7) is 7.85. The van der Waals surface area contributed by atoms with Crippen LogP contribution in [0.4, 0.5) is 10.1 Å². The van der Waals surface area contributed by atoms with Gasteiger partial charge >= 0.3 is 0 Å². The summed E-state index contributed by atoms with van der Waals surface area (Å²) in [6.07, 6.45) is 0. The summed E-state index contributed by atoms with van der Waals surface area (Å²) in [4.78, 5) is 15.3. The number of nitrogens with zero attached hydrogens (tertiary/aromatic N) is 2. The topological polar surface area (TPSA) is 35.6 Å². The molecule has 110 valence electrons. The molecule has 1 fully saturated rings. The van der Waals surface area contributed by atoms with E-state index in [4.69, 9.17) is 0 Å². The molecule has 0 aliphatic carbocycles. The van der Waals surface area contributed by atoms with E-state index in [1.165, 1.54) is 6.07 Å². The molecule has 1 amide bonds. The summed E-state index contributed by atoms with van der Waals surface area (Å²) >= 11 is 0. The van der Waals surface area contributed by atoms with Crippen LogP contribution in [0.3, 0.4) is 0 Å². The van der Waals surface area contributed by atoms with Crippen molar-refractivity contribution < 1.29 is 9.18 Å². The number of hydrogen-bond donors (Lipinski definition) is 1. The Balaban J connectivity index is 2.13. The van der Waals surface area contributed by atoms with Crippen molar-refractivity contribution in [1.82, 2.24) is 10.2 Å². The van der Waals surface area contributed by atoms with Crippen LogP contribution in [0.5, 0.6) is 0 Å². The van der Waals surface area contributed by atoms with Gasteiger partial charge < -0.3 is 15.1 Å². The molecule has 1 heterocycles.